The van der Waals surface area contributed by atoms with E-state index in [1.165, 1.54) is 6.20 Å². The number of benzene rings is 1. The van der Waals surface area contributed by atoms with Crippen molar-refractivity contribution in [2.24, 2.45) is 11.7 Å². The van der Waals surface area contributed by atoms with E-state index in [1.54, 1.807) is 16.4 Å². The average molecular weight is 552 g/mol. The van der Waals surface area contributed by atoms with Gasteiger partial charge in [-0.3, -0.25) is 9.78 Å². The predicted octanol–water partition coefficient (Wildman–Crippen LogP) is 3.28. The van der Waals surface area contributed by atoms with Gasteiger partial charge in [-0.25, -0.2) is 12.8 Å². The molecule has 1 aromatic carbocycles. The normalized spacial score (nSPS) is 24.8. The second-order valence-corrected chi connectivity index (χ2v) is 12.8. The number of amides is 1. The molecule has 2 aliphatic heterocycles. The highest BCUT2D eigenvalue weighted by atomic mass is 35.5. The Hall–Kier alpha value is -2.11. The summed E-state index contributed by atoms with van der Waals surface area (Å²) in [6.45, 7) is 4.92. The van der Waals surface area contributed by atoms with Crippen molar-refractivity contribution in [2.45, 2.75) is 63.6 Å². The first-order chi connectivity index (χ1) is 17.6. The second-order valence-electron chi connectivity index (χ2n) is 10.3. The number of anilines is 1. The second kappa shape index (κ2) is 11.7. The Morgan fingerprint density at radius 2 is 2.03 bits per heavy atom. The molecule has 5 atom stereocenters. The summed E-state index contributed by atoms with van der Waals surface area (Å²) in [5, 5.41) is 6.81. The van der Waals surface area contributed by atoms with Gasteiger partial charge in [-0.15, -0.1) is 0 Å². The Balaban J connectivity index is 1.49. The minimum absolute atomic E-state index is 0.0604. The lowest BCUT2D eigenvalue weighted by Crippen LogP contribution is -2.57. The minimum Gasteiger partial charge on any atom is -0.323 e. The summed E-state index contributed by atoms with van der Waals surface area (Å²) in [7, 11) is -3.35. The van der Waals surface area contributed by atoms with Crippen LogP contribution in [0.5, 0.6) is 0 Å². The standard InChI is InChI=1S/C26H35ClFN5O3S/c1-16(2)24(17-5-7-18(27)8-6-17)25(29)26(34)32-23-14-30-13-22(28)21(23)10-9-20-12-31-19-4-3-11-37(35,36)33(20)15-19/h5-8,13-14,16,19-20,24-25,31H,3-4,9-12,15,29H2,1-2H3,(H,32,34)/t19-,20+,24-,25+/m1/s1. The molecular weight excluding hydrogens is 517 g/mol. The van der Waals surface area contributed by atoms with Gasteiger partial charge in [0, 0.05) is 41.7 Å². The molecule has 202 valence electrons. The SMILES string of the molecule is CC(C)[C@H](c1ccc(Cl)cc1)[C@H](N)C(=O)Nc1cncc(F)c1CC[C@H]1CN[C@@H]2CCCS(=O)(=O)N1C2. The maximum atomic E-state index is 14.9. The third-order valence-corrected chi connectivity index (χ3v) is 9.63. The molecule has 11 heteroatoms. The molecule has 1 aromatic heterocycles. The number of aromatic nitrogens is 1. The van der Waals surface area contributed by atoms with Crippen LogP contribution < -0.4 is 16.4 Å². The molecule has 4 rings (SSSR count). The molecule has 4 N–H and O–H groups in total. The highest BCUT2D eigenvalue weighted by molar-refractivity contribution is 7.89. The monoisotopic (exact) mass is 551 g/mol. The van der Waals surface area contributed by atoms with Crippen molar-refractivity contribution in [1.82, 2.24) is 14.6 Å². The molecule has 8 nitrogen and oxygen atoms in total. The van der Waals surface area contributed by atoms with Gasteiger partial charge in [0.25, 0.3) is 0 Å². The lowest BCUT2D eigenvalue weighted by atomic mass is 9.82. The van der Waals surface area contributed by atoms with Gasteiger partial charge >= 0.3 is 0 Å². The molecule has 2 aliphatic rings. The van der Waals surface area contributed by atoms with E-state index in [0.29, 0.717) is 31.0 Å². The Bertz CT molecular complexity index is 1210. The fraction of sp³-hybridized carbons (Fsp3) is 0.538. The van der Waals surface area contributed by atoms with Gasteiger partial charge in [0.1, 0.15) is 5.82 Å². The van der Waals surface area contributed by atoms with Crippen molar-refractivity contribution >= 4 is 33.2 Å². The summed E-state index contributed by atoms with van der Waals surface area (Å²) in [6.07, 6.45) is 4.62. The van der Waals surface area contributed by atoms with E-state index in [2.05, 4.69) is 15.6 Å². The fourth-order valence-electron chi connectivity index (χ4n) is 5.45. The summed E-state index contributed by atoms with van der Waals surface area (Å²) < 4.78 is 42.0. The van der Waals surface area contributed by atoms with Gasteiger partial charge in [-0.05, 0) is 49.3 Å². The Labute approximate surface area is 223 Å². The number of fused-ring (bicyclic) bond motifs is 2. The lowest BCUT2D eigenvalue weighted by Gasteiger charge is -2.37. The first-order valence-electron chi connectivity index (χ1n) is 12.7. The Morgan fingerprint density at radius 3 is 2.73 bits per heavy atom. The maximum absolute atomic E-state index is 14.9. The molecular formula is C26H35ClFN5O3S. The van der Waals surface area contributed by atoms with Crippen LogP contribution in [0.3, 0.4) is 0 Å². The third kappa shape index (κ3) is 6.49. The summed E-state index contributed by atoms with van der Waals surface area (Å²) in [5.41, 5.74) is 7.85. The van der Waals surface area contributed by atoms with E-state index in [4.69, 9.17) is 17.3 Å². The number of hydrogen-bond acceptors (Lipinski definition) is 6. The molecule has 0 spiro atoms. The van der Waals surface area contributed by atoms with Crippen LogP contribution in [-0.2, 0) is 21.2 Å². The van der Waals surface area contributed by atoms with Crippen LogP contribution in [0, 0.1) is 11.7 Å². The molecule has 2 saturated heterocycles. The van der Waals surface area contributed by atoms with Crippen molar-refractivity contribution in [3.8, 4) is 0 Å². The summed E-state index contributed by atoms with van der Waals surface area (Å²) >= 11 is 6.02. The van der Waals surface area contributed by atoms with Gasteiger partial charge in [0.15, 0.2) is 0 Å². The molecule has 0 aliphatic carbocycles. The first kappa shape index (κ1) is 27.9. The number of rotatable bonds is 8. The number of sulfonamides is 1. The fourth-order valence-corrected chi connectivity index (χ4v) is 7.38. The third-order valence-electron chi connectivity index (χ3n) is 7.42. The van der Waals surface area contributed by atoms with Crippen molar-refractivity contribution in [3.63, 3.8) is 0 Å². The molecule has 0 radical (unpaired) electrons. The van der Waals surface area contributed by atoms with Crippen LogP contribution in [-0.4, -0.2) is 60.6 Å². The number of nitrogens with two attached hydrogens (primary N) is 1. The quantitative estimate of drug-likeness (QED) is 0.463. The van der Waals surface area contributed by atoms with E-state index < -0.39 is 27.8 Å². The highest BCUT2D eigenvalue weighted by Gasteiger charge is 2.38. The topological polar surface area (TPSA) is 117 Å². The number of piperazine rings is 1. The van der Waals surface area contributed by atoms with Crippen molar-refractivity contribution in [1.29, 1.82) is 0 Å². The number of carbonyl (C=O) groups excluding carboxylic acids is 1. The van der Waals surface area contributed by atoms with Crippen LogP contribution in [0.25, 0.3) is 0 Å². The van der Waals surface area contributed by atoms with Crippen LogP contribution >= 0.6 is 11.6 Å². The van der Waals surface area contributed by atoms with Gasteiger partial charge in [-0.1, -0.05) is 37.6 Å². The minimum atomic E-state index is -3.35. The van der Waals surface area contributed by atoms with Crippen LogP contribution in [0.1, 0.15) is 50.2 Å². The molecule has 2 aromatic rings. The van der Waals surface area contributed by atoms with Crippen molar-refractivity contribution in [3.05, 3.63) is 58.6 Å². The van der Waals surface area contributed by atoms with Gasteiger partial charge in [-0.2, -0.15) is 4.31 Å². The van der Waals surface area contributed by atoms with E-state index in [0.717, 1.165) is 18.2 Å². The molecule has 1 unspecified atom stereocenters. The van der Waals surface area contributed by atoms with E-state index in [1.807, 2.05) is 26.0 Å². The molecule has 37 heavy (non-hydrogen) atoms. The zero-order chi connectivity index (χ0) is 26.7. The van der Waals surface area contributed by atoms with E-state index in [-0.39, 0.29) is 47.3 Å². The van der Waals surface area contributed by atoms with Crippen LogP contribution in [0.15, 0.2) is 36.7 Å². The number of carbonyl (C=O) groups is 1. The molecule has 3 heterocycles. The van der Waals surface area contributed by atoms with Gasteiger partial charge in [0.05, 0.1) is 29.9 Å². The van der Waals surface area contributed by atoms with Crippen LogP contribution in [0.4, 0.5) is 10.1 Å². The maximum Gasteiger partial charge on any atom is 0.241 e. The van der Waals surface area contributed by atoms with Gasteiger partial charge < -0.3 is 16.4 Å². The largest absolute Gasteiger partial charge is 0.323 e. The van der Waals surface area contributed by atoms with Crippen LogP contribution in [0.2, 0.25) is 5.02 Å². The molecule has 0 saturated carbocycles. The number of halogens is 2. The zero-order valence-corrected chi connectivity index (χ0v) is 22.7. The van der Waals surface area contributed by atoms with Gasteiger partial charge in [0.2, 0.25) is 15.9 Å². The Kier molecular flexibility index (Phi) is 8.85. The summed E-state index contributed by atoms with van der Waals surface area (Å²) in [6, 6.07) is 6.21. The summed E-state index contributed by atoms with van der Waals surface area (Å²) in [5.74, 6) is -1.08. The van der Waals surface area contributed by atoms with E-state index >= 15 is 0 Å². The predicted molar refractivity (Wildman–Crippen MR) is 143 cm³/mol. The lowest BCUT2D eigenvalue weighted by molar-refractivity contribution is -0.118. The van der Waals surface area contributed by atoms with E-state index in [9.17, 15) is 17.6 Å². The Morgan fingerprint density at radius 1 is 1.30 bits per heavy atom. The smallest absolute Gasteiger partial charge is 0.241 e. The first-order valence-corrected chi connectivity index (χ1v) is 14.7. The summed E-state index contributed by atoms with van der Waals surface area (Å²) in [4.78, 5) is 17.1. The van der Waals surface area contributed by atoms with Crippen molar-refractivity contribution in [2.75, 3.05) is 24.2 Å². The average Bonchev–Trinajstić information content (AvgIpc) is 2.96. The number of hydrogen-bond donors (Lipinski definition) is 3. The molecule has 2 fully saturated rings. The molecule has 1 amide bonds. The number of nitrogens with zero attached hydrogens (tertiary/aromatic N) is 2. The van der Waals surface area contributed by atoms with Crippen molar-refractivity contribution < 1.29 is 17.6 Å². The highest BCUT2D eigenvalue weighted by Crippen LogP contribution is 2.30. The zero-order valence-electron chi connectivity index (χ0n) is 21.2. The molecule has 2 bridgehead atoms. The number of pyridine rings is 1. The number of nitrogens with one attached hydrogen (secondary N) is 2.